The Morgan fingerprint density at radius 2 is 1.38 bits per heavy atom. The molecule has 0 spiro atoms. The standard InChI is InChI=1S/C6H5.B.K/c1-2-4-6-5-3-1;;/h1-5H;;/q-1;;+1. The van der Waals surface area contributed by atoms with E-state index < -0.39 is 0 Å². The zero-order valence-electron chi connectivity index (χ0n) is 4.96. The average molecular weight is 127 g/mol. The predicted octanol–water partition coefficient (Wildman–Crippen LogP) is -1.89. The summed E-state index contributed by atoms with van der Waals surface area (Å²) >= 11 is 0. The quantitative estimate of drug-likeness (QED) is 0.282. The van der Waals surface area contributed by atoms with Gasteiger partial charge in [-0.05, 0) is 0 Å². The van der Waals surface area contributed by atoms with Gasteiger partial charge >= 0.3 is 51.4 Å². The molecule has 2 heteroatoms. The van der Waals surface area contributed by atoms with E-state index >= 15 is 0 Å². The largest absolute Gasteiger partial charge is 1.00 e. The maximum absolute atomic E-state index is 2.89. The molecule has 0 saturated heterocycles. The molecule has 0 heterocycles. The molecule has 1 aromatic rings. The molecule has 0 unspecified atom stereocenters. The monoisotopic (exact) mass is 127 g/mol. The van der Waals surface area contributed by atoms with Crippen molar-refractivity contribution in [3.63, 3.8) is 0 Å². The van der Waals surface area contributed by atoms with Crippen LogP contribution in [0.25, 0.3) is 0 Å². The minimum absolute atomic E-state index is 0. The summed E-state index contributed by atoms with van der Waals surface area (Å²) in [6, 6.07) is 12.5. The van der Waals surface area contributed by atoms with Crippen LogP contribution in [0.4, 0.5) is 0 Å². The molecule has 8 heavy (non-hydrogen) atoms. The summed E-state index contributed by atoms with van der Waals surface area (Å²) in [5.41, 5.74) is 0. The number of rotatable bonds is 0. The number of hydrogen-bond donors (Lipinski definition) is 0. The average Bonchev–Trinajstić information content (AvgIpc) is 1.72. The summed E-state index contributed by atoms with van der Waals surface area (Å²) in [5, 5.41) is 0. The van der Waals surface area contributed by atoms with Gasteiger partial charge in [0.1, 0.15) is 0 Å². The van der Waals surface area contributed by atoms with Crippen molar-refractivity contribution in [2.45, 2.75) is 0 Å². The summed E-state index contributed by atoms with van der Waals surface area (Å²) in [5.74, 6) is 0. The van der Waals surface area contributed by atoms with Crippen molar-refractivity contribution in [2.24, 2.45) is 0 Å². The normalized spacial score (nSPS) is 6.00. The fourth-order valence-electron chi connectivity index (χ4n) is 0.342. The third kappa shape index (κ3) is 5.07. The minimum atomic E-state index is 0. The smallest absolute Gasteiger partial charge is 0.184 e. The van der Waals surface area contributed by atoms with Crippen LogP contribution in [0.2, 0.25) is 0 Å². The van der Waals surface area contributed by atoms with E-state index in [1.165, 1.54) is 0 Å². The Morgan fingerprint density at radius 1 is 0.875 bits per heavy atom. The van der Waals surface area contributed by atoms with Crippen LogP contribution >= 0.6 is 0 Å². The molecule has 0 aliphatic heterocycles. The second-order valence-corrected chi connectivity index (χ2v) is 1.08. The van der Waals surface area contributed by atoms with Crippen molar-refractivity contribution in [3.05, 3.63) is 36.4 Å². The molecule has 0 aromatic heterocycles. The topological polar surface area (TPSA) is 0 Å². The summed E-state index contributed by atoms with van der Waals surface area (Å²) in [6.45, 7) is 0. The number of hydrogen-bond acceptors (Lipinski definition) is 0. The van der Waals surface area contributed by atoms with Crippen molar-refractivity contribution < 1.29 is 51.4 Å². The summed E-state index contributed by atoms with van der Waals surface area (Å²) in [7, 11) is 0. The molecule has 1 aromatic carbocycles. The van der Waals surface area contributed by atoms with Gasteiger partial charge < -0.3 is 0 Å². The first-order valence-electron chi connectivity index (χ1n) is 1.91. The fourth-order valence-corrected chi connectivity index (χ4v) is 0.342. The van der Waals surface area contributed by atoms with Gasteiger partial charge in [-0.2, -0.15) is 36.4 Å². The summed E-state index contributed by atoms with van der Waals surface area (Å²) < 4.78 is 0. The molecule has 0 bridgehead atoms. The van der Waals surface area contributed by atoms with Crippen molar-refractivity contribution >= 4 is 8.41 Å². The van der Waals surface area contributed by atoms with Crippen molar-refractivity contribution in [1.29, 1.82) is 0 Å². The van der Waals surface area contributed by atoms with E-state index in [9.17, 15) is 0 Å². The van der Waals surface area contributed by atoms with Gasteiger partial charge in [-0.3, -0.25) is 0 Å². The van der Waals surface area contributed by atoms with Gasteiger partial charge in [0.25, 0.3) is 0 Å². The third-order valence-corrected chi connectivity index (χ3v) is 0.607. The summed E-state index contributed by atoms with van der Waals surface area (Å²) in [6.07, 6.45) is 0. The van der Waals surface area contributed by atoms with Crippen LogP contribution in [0.15, 0.2) is 30.3 Å². The zero-order valence-corrected chi connectivity index (χ0v) is 8.09. The molecular weight excluding hydrogens is 122 g/mol. The van der Waals surface area contributed by atoms with Crippen LogP contribution in [0.5, 0.6) is 0 Å². The van der Waals surface area contributed by atoms with E-state index in [0.717, 1.165) is 0 Å². The summed E-state index contributed by atoms with van der Waals surface area (Å²) in [4.78, 5) is 0. The van der Waals surface area contributed by atoms with Gasteiger partial charge in [0.2, 0.25) is 0 Å². The molecular formula is C6H5BK. The Hall–Kier alpha value is 0.921. The molecule has 1 rings (SSSR count). The van der Waals surface area contributed by atoms with E-state index in [-0.39, 0.29) is 59.8 Å². The van der Waals surface area contributed by atoms with Gasteiger partial charge in [0.05, 0.1) is 0 Å². The van der Waals surface area contributed by atoms with Gasteiger partial charge in [-0.1, -0.05) is 0 Å². The molecule has 0 atom stereocenters. The molecule has 0 nitrogen and oxygen atoms in total. The molecule has 0 saturated carbocycles. The maximum atomic E-state index is 2.89. The van der Waals surface area contributed by atoms with Crippen LogP contribution < -0.4 is 51.4 Å². The molecule has 3 radical (unpaired) electrons. The van der Waals surface area contributed by atoms with Gasteiger partial charge in [-0.15, -0.1) is 0 Å². The molecule has 0 amide bonds. The number of benzene rings is 1. The molecule has 0 fully saturated rings. The fraction of sp³-hybridized carbons (Fsp3) is 0. The molecule has 33 valence electrons. The third-order valence-electron chi connectivity index (χ3n) is 0.607. The van der Waals surface area contributed by atoms with Gasteiger partial charge in [0, 0.05) is 8.41 Å². The van der Waals surface area contributed by atoms with Crippen LogP contribution in [0, 0.1) is 6.07 Å². The van der Waals surface area contributed by atoms with Crippen LogP contribution in [-0.2, 0) is 0 Å². The molecule has 0 N–H and O–H groups in total. The maximum Gasteiger partial charge on any atom is 1.00 e. The minimum Gasteiger partial charge on any atom is -0.184 e. The Kier molecular flexibility index (Phi) is 11.6. The Bertz CT molecular complexity index is 80.5. The second kappa shape index (κ2) is 7.92. The second-order valence-electron chi connectivity index (χ2n) is 1.08. The first-order valence-corrected chi connectivity index (χ1v) is 1.91. The Labute approximate surface area is 94.7 Å². The van der Waals surface area contributed by atoms with Crippen LogP contribution in [0.1, 0.15) is 0 Å². The van der Waals surface area contributed by atoms with Crippen molar-refractivity contribution in [1.82, 2.24) is 0 Å². The van der Waals surface area contributed by atoms with E-state index in [2.05, 4.69) is 6.07 Å². The van der Waals surface area contributed by atoms with Crippen LogP contribution in [0.3, 0.4) is 0 Å². The van der Waals surface area contributed by atoms with Crippen molar-refractivity contribution in [2.75, 3.05) is 0 Å². The van der Waals surface area contributed by atoms with Gasteiger partial charge in [-0.25, -0.2) is 0 Å². The van der Waals surface area contributed by atoms with Gasteiger partial charge in [0.15, 0.2) is 0 Å². The van der Waals surface area contributed by atoms with E-state index in [1.807, 2.05) is 30.3 Å². The van der Waals surface area contributed by atoms with Crippen LogP contribution in [-0.4, -0.2) is 8.41 Å². The predicted molar refractivity (Wildman–Crippen MR) is 31.0 cm³/mol. The first kappa shape index (κ1) is 11.7. The SMILES string of the molecule is [B].[K+].[c-]1ccccc1. The van der Waals surface area contributed by atoms with Crippen molar-refractivity contribution in [3.8, 4) is 0 Å². The Balaban J connectivity index is 0. The zero-order chi connectivity index (χ0) is 4.24. The van der Waals surface area contributed by atoms with E-state index in [4.69, 9.17) is 0 Å². The molecule has 0 aliphatic rings. The molecule has 0 aliphatic carbocycles. The van der Waals surface area contributed by atoms with E-state index in [0.29, 0.717) is 0 Å². The van der Waals surface area contributed by atoms with E-state index in [1.54, 1.807) is 0 Å². The first-order chi connectivity index (χ1) is 3.00. The Morgan fingerprint density at radius 3 is 1.50 bits per heavy atom.